The average Bonchev–Trinajstić information content (AvgIpc) is 2.49. The van der Waals surface area contributed by atoms with Crippen molar-refractivity contribution in [2.75, 3.05) is 6.54 Å². The molecule has 1 unspecified atom stereocenters. The van der Waals surface area contributed by atoms with Gasteiger partial charge in [0.1, 0.15) is 0 Å². The fourth-order valence-electron chi connectivity index (χ4n) is 0.972. The number of hydrogen-bond acceptors (Lipinski definition) is 3. The Hall–Kier alpha value is 0.490. The van der Waals surface area contributed by atoms with E-state index >= 15 is 0 Å². The summed E-state index contributed by atoms with van der Waals surface area (Å²) >= 11 is 7.25. The highest BCUT2D eigenvalue weighted by atomic mass is 79.9. The molecule has 0 aliphatic heterocycles. The lowest BCUT2D eigenvalue weighted by molar-refractivity contribution is 0.823. The summed E-state index contributed by atoms with van der Waals surface area (Å²) in [7, 11) is 0. The van der Waals surface area contributed by atoms with Crippen LogP contribution in [0.3, 0.4) is 0 Å². The van der Waals surface area contributed by atoms with Crippen LogP contribution in [0.2, 0.25) is 0 Å². The van der Waals surface area contributed by atoms with Crippen LogP contribution >= 0.6 is 39.0 Å². The van der Waals surface area contributed by atoms with Crippen molar-refractivity contribution in [2.45, 2.75) is 24.3 Å². The zero-order valence-electron chi connectivity index (χ0n) is 7.63. The van der Waals surface area contributed by atoms with Gasteiger partial charge in [-0.05, 0) is 41.0 Å². The van der Waals surface area contributed by atoms with Gasteiger partial charge in [-0.2, -0.15) is 11.8 Å². The third kappa shape index (κ3) is 4.49. The van der Waals surface area contributed by atoms with E-state index in [1.54, 1.807) is 0 Å². The molecule has 0 aromatic carbocycles. The van der Waals surface area contributed by atoms with Crippen LogP contribution in [0.1, 0.15) is 18.2 Å². The first-order valence-corrected chi connectivity index (χ1v) is 6.94. The molecule has 1 aromatic rings. The van der Waals surface area contributed by atoms with E-state index in [1.165, 1.54) is 8.66 Å². The summed E-state index contributed by atoms with van der Waals surface area (Å²) in [6, 6.07) is 4.28. The first kappa shape index (κ1) is 11.6. The normalized spacial score (nSPS) is 13.2. The zero-order chi connectivity index (χ0) is 9.68. The number of halogens is 1. The van der Waals surface area contributed by atoms with Crippen LogP contribution in [0.5, 0.6) is 0 Å². The molecule has 0 saturated heterocycles. The van der Waals surface area contributed by atoms with E-state index in [4.69, 9.17) is 5.73 Å². The summed E-state index contributed by atoms with van der Waals surface area (Å²) in [6.07, 6.45) is 1.11. The van der Waals surface area contributed by atoms with E-state index < -0.39 is 0 Å². The minimum atomic E-state index is 0.672. The smallest absolute Gasteiger partial charge is 0.0701 e. The molecule has 13 heavy (non-hydrogen) atoms. The molecule has 0 radical (unpaired) electrons. The summed E-state index contributed by atoms with van der Waals surface area (Å²) in [6.45, 7) is 3.03. The summed E-state index contributed by atoms with van der Waals surface area (Å²) in [4.78, 5) is 1.43. The first-order valence-electron chi connectivity index (χ1n) is 4.28. The topological polar surface area (TPSA) is 26.0 Å². The molecule has 4 heteroatoms. The second-order valence-corrected chi connectivity index (χ2v) is 6.88. The number of hydrogen-bond donors (Lipinski definition) is 1. The van der Waals surface area contributed by atoms with Crippen LogP contribution in [0.4, 0.5) is 0 Å². The van der Waals surface area contributed by atoms with Crippen molar-refractivity contribution >= 4 is 39.0 Å². The molecule has 1 rings (SSSR count). The van der Waals surface area contributed by atoms with Crippen LogP contribution in [-0.2, 0) is 5.75 Å². The number of nitrogens with two attached hydrogens (primary N) is 1. The highest BCUT2D eigenvalue weighted by Gasteiger charge is 2.03. The van der Waals surface area contributed by atoms with Crippen LogP contribution in [0.25, 0.3) is 0 Å². The molecule has 0 bridgehead atoms. The third-order valence-corrected chi connectivity index (χ3v) is 4.80. The Morgan fingerprint density at radius 2 is 2.38 bits per heavy atom. The van der Waals surface area contributed by atoms with Crippen molar-refractivity contribution < 1.29 is 0 Å². The highest BCUT2D eigenvalue weighted by Crippen LogP contribution is 2.27. The Balaban J connectivity index is 2.26. The molecule has 1 heterocycles. The van der Waals surface area contributed by atoms with Gasteiger partial charge in [0, 0.05) is 15.9 Å². The summed E-state index contributed by atoms with van der Waals surface area (Å²) < 4.78 is 1.22. The minimum Gasteiger partial charge on any atom is -0.330 e. The lowest BCUT2D eigenvalue weighted by Gasteiger charge is -2.07. The molecule has 1 aromatic heterocycles. The van der Waals surface area contributed by atoms with Crippen LogP contribution < -0.4 is 5.73 Å². The Labute approximate surface area is 96.2 Å². The molecule has 0 saturated carbocycles. The first-order chi connectivity index (χ1) is 6.22. The maximum Gasteiger partial charge on any atom is 0.0701 e. The summed E-state index contributed by atoms with van der Waals surface area (Å²) in [5.41, 5.74) is 5.48. The number of thiophene rings is 1. The van der Waals surface area contributed by atoms with Crippen molar-refractivity contribution in [1.82, 2.24) is 0 Å². The second kappa shape index (κ2) is 6.06. The van der Waals surface area contributed by atoms with Gasteiger partial charge in [-0.25, -0.2) is 0 Å². The predicted molar refractivity (Wildman–Crippen MR) is 66.4 cm³/mol. The van der Waals surface area contributed by atoms with E-state index in [1.807, 2.05) is 23.1 Å². The molecule has 1 nitrogen and oxygen atoms in total. The maximum atomic E-state index is 5.48. The van der Waals surface area contributed by atoms with Gasteiger partial charge in [0.2, 0.25) is 0 Å². The van der Waals surface area contributed by atoms with Gasteiger partial charge < -0.3 is 5.73 Å². The van der Waals surface area contributed by atoms with E-state index in [-0.39, 0.29) is 0 Å². The molecule has 74 valence electrons. The lowest BCUT2D eigenvalue weighted by atomic mass is 10.3. The molecular weight excluding hydrogens is 266 g/mol. The summed E-state index contributed by atoms with van der Waals surface area (Å²) in [5, 5.41) is 0.672. The van der Waals surface area contributed by atoms with Gasteiger partial charge in [-0.1, -0.05) is 6.92 Å². The fraction of sp³-hybridized carbons (Fsp3) is 0.556. The Kier molecular flexibility index (Phi) is 5.39. The zero-order valence-corrected chi connectivity index (χ0v) is 10.8. The second-order valence-electron chi connectivity index (χ2n) is 2.90. The third-order valence-electron chi connectivity index (χ3n) is 1.71. The van der Waals surface area contributed by atoms with Gasteiger partial charge in [-0.3, -0.25) is 0 Å². The quantitative estimate of drug-likeness (QED) is 0.893. The fourth-order valence-corrected chi connectivity index (χ4v) is 3.54. The van der Waals surface area contributed by atoms with Gasteiger partial charge in [0.05, 0.1) is 3.79 Å². The van der Waals surface area contributed by atoms with Gasteiger partial charge >= 0.3 is 0 Å². The Morgan fingerprint density at radius 1 is 1.62 bits per heavy atom. The predicted octanol–water partition coefficient (Wildman–Crippen LogP) is 3.48. The molecule has 0 amide bonds. The largest absolute Gasteiger partial charge is 0.330 e. The van der Waals surface area contributed by atoms with Crippen LogP contribution in [0.15, 0.2) is 15.9 Å². The molecule has 2 N–H and O–H groups in total. The van der Waals surface area contributed by atoms with Crippen molar-refractivity contribution in [3.8, 4) is 0 Å². The van der Waals surface area contributed by atoms with Crippen molar-refractivity contribution in [1.29, 1.82) is 0 Å². The van der Waals surface area contributed by atoms with E-state index in [0.29, 0.717) is 5.25 Å². The monoisotopic (exact) mass is 279 g/mol. The van der Waals surface area contributed by atoms with Crippen molar-refractivity contribution in [3.05, 3.63) is 20.8 Å². The minimum absolute atomic E-state index is 0.672. The Bertz CT molecular complexity index is 250. The molecule has 0 aliphatic rings. The van der Waals surface area contributed by atoms with Gasteiger partial charge in [0.15, 0.2) is 0 Å². The SMILES string of the molecule is CC(CCN)SCc1ccc(Br)s1. The molecule has 0 spiro atoms. The number of thioether (sulfide) groups is 1. The average molecular weight is 280 g/mol. The van der Waals surface area contributed by atoms with E-state index in [0.717, 1.165) is 18.7 Å². The van der Waals surface area contributed by atoms with Gasteiger partial charge in [-0.15, -0.1) is 11.3 Å². The molecule has 1 atom stereocenters. The highest BCUT2D eigenvalue weighted by molar-refractivity contribution is 9.11. The van der Waals surface area contributed by atoms with E-state index in [9.17, 15) is 0 Å². The number of rotatable bonds is 5. The van der Waals surface area contributed by atoms with Crippen LogP contribution in [0, 0.1) is 0 Å². The van der Waals surface area contributed by atoms with Crippen molar-refractivity contribution in [3.63, 3.8) is 0 Å². The molecule has 0 fully saturated rings. The standard InChI is InChI=1S/C9H14BrNS2/c1-7(4-5-11)12-6-8-2-3-9(10)13-8/h2-3,7H,4-6,11H2,1H3. The summed E-state index contributed by atoms with van der Waals surface area (Å²) in [5.74, 6) is 1.11. The van der Waals surface area contributed by atoms with Gasteiger partial charge in [0.25, 0.3) is 0 Å². The van der Waals surface area contributed by atoms with E-state index in [2.05, 4.69) is 35.0 Å². The lowest BCUT2D eigenvalue weighted by Crippen LogP contribution is -2.06. The maximum absolute atomic E-state index is 5.48. The molecular formula is C9H14BrNS2. The van der Waals surface area contributed by atoms with Crippen LogP contribution in [-0.4, -0.2) is 11.8 Å². The van der Waals surface area contributed by atoms with Crippen molar-refractivity contribution in [2.24, 2.45) is 5.73 Å². The molecule has 0 aliphatic carbocycles. The Morgan fingerprint density at radius 3 is 2.92 bits per heavy atom.